The first-order valence-electron chi connectivity index (χ1n) is 3.08. The van der Waals surface area contributed by atoms with E-state index in [0.29, 0.717) is 5.57 Å². The minimum absolute atomic E-state index is 0.222. The molecule has 11 heavy (non-hydrogen) atoms. The Kier molecular flexibility index (Phi) is 7.64. The van der Waals surface area contributed by atoms with Gasteiger partial charge in [-0.25, -0.2) is 0 Å². The fourth-order valence-electron chi connectivity index (χ4n) is 0. The van der Waals surface area contributed by atoms with Crippen molar-refractivity contribution in [3.63, 3.8) is 0 Å². The van der Waals surface area contributed by atoms with Crippen molar-refractivity contribution in [2.75, 3.05) is 0 Å². The second-order valence-corrected chi connectivity index (χ2v) is 1.89. The summed E-state index contributed by atoms with van der Waals surface area (Å²) in [4.78, 5) is 19.2. The van der Waals surface area contributed by atoms with E-state index >= 15 is 0 Å². The van der Waals surface area contributed by atoms with Gasteiger partial charge in [0.15, 0.2) is 0 Å². The summed E-state index contributed by atoms with van der Waals surface area (Å²) in [6, 6.07) is 0. The minimum atomic E-state index is -0.745. The van der Waals surface area contributed by atoms with Gasteiger partial charge in [0.1, 0.15) is 0 Å². The van der Waals surface area contributed by atoms with Gasteiger partial charge in [0.25, 0.3) is 0 Å². The zero-order valence-electron chi connectivity index (χ0n) is 6.76. The molecule has 0 rings (SSSR count). The molecule has 4 nitrogen and oxygen atoms in total. The smallest absolute Gasteiger partial charge is 0.303 e. The van der Waals surface area contributed by atoms with Crippen molar-refractivity contribution in [3.05, 3.63) is 12.2 Å². The molecule has 0 aromatic heterocycles. The number of carbonyl (C=O) groups excluding carboxylic acids is 1. The summed E-state index contributed by atoms with van der Waals surface area (Å²) in [5, 5.41) is 7.72. The van der Waals surface area contributed by atoms with Crippen LogP contribution >= 0.6 is 0 Å². The summed E-state index contributed by atoms with van der Waals surface area (Å²) < 4.78 is 0. The molecule has 3 N–H and O–H groups in total. The number of hydrogen-bond acceptors (Lipinski definition) is 2. The Morgan fingerprint density at radius 2 is 1.73 bits per heavy atom. The highest BCUT2D eigenvalue weighted by Crippen LogP contribution is 1.78. The van der Waals surface area contributed by atoms with E-state index in [-0.39, 0.29) is 6.42 Å². The number of hydrogen-bond donors (Lipinski definition) is 2. The maximum absolute atomic E-state index is 9.82. The first-order chi connectivity index (χ1) is 4.91. The summed E-state index contributed by atoms with van der Waals surface area (Å²) in [6.45, 7) is 6.45. The van der Waals surface area contributed by atoms with Crippen LogP contribution in [0, 0.1) is 0 Å². The number of nitrogens with two attached hydrogens (primary N) is 1. The van der Waals surface area contributed by atoms with Gasteiger partial charge < -0.3 is 10.8 Å². The molecule has 0 aliphatic carbocycles. The molecular weight excluding hydrogens is 146 g/mol. The highest BCUT2D eigenvalue weighted by molar-refractivity contribution is 5.90. The van der Waals surface area contributed by atoms with Gasteiger partial charge >= 0.3 is 5.97 Å². The molecule has 0 radical (unpaired) electrons. The lowest BCUT2D eigenvalue weighted by Crippen LogP contribution is -2.10. The summed E-state index contributed by atoms with van der Waals surface area (Å²) in [6.07, 6.45) is 0.222. The monoisotopic (exact) mass is 159 g/mol. The number of primary amides is 1. The van der Waals surface area contributed by atoms with Crippen LogP contribution in [0.4, 0.5) is 0 Å². The fourth-order valence-corrected chi connectivity index (χ4v) is 0. The molecule has 0 aromatic rings. The number of rotatable bonds is 2. The molecule has 0 saturated heterocycles. The van der Waals surface area contributed by atoms with Crippen LogP contribution in [-0.2, 0) is 9.59 Å². The van der Waals surface area contributed by atoms with Gasteiger partial charge in [-0.15, -0.1) is 0 Å². The van der Waals surface area contributed by atoms with Gasteiger partial charge in [0, 0.05) is 12.0 Å². The van der Waals surface area contributed by atoms with Crippen LogP contribution in [-0.4, -0.2) is 17.0 Å². The Labute approximate surface area is 65.7 Å². The second kappa shape index (κ2) is 6.80. The van der Waals surface area contributed by atoms with E-state index in [4.69, 9.17) is 10.8 Å². The highest BCUT2D eigenvalue weighted by atomic mass is 16.4. The highest BCUT2D eigenvalue weighted by Gasteiger charge is 1.86. The number of carbonyl (C=O) groups is 2. The molecule has 0 heterocycles. The molecule has 4 heteroatoms. The van der Waals surface area contributed by atoms with Gasteiger partial charge in [0.05, 0.1) is 0 Å². The maximum atomic E-state index is 9.82. The van der Waals surface area contributed by atoms with Crippen LogP contribution in [0.5, 0.6) is 0 Å². The number of carboxylic acid groups (broad SMARTS) is 1. The van der Waals surface area contributed by atoms with E-state index < -0.39 is 11.9 Å². The lowest BCUT2D eigenvalue weighted by atomic mass is 10.3. The van der Waals surface area contributed by atoms with Crippen molar-refractivity contribution in [2.45, 2.75) is 20.3 Å². The molecule has 0 atom stereocenters. The molecule has 0 aliphatic rings. The summed E-state index contributed by atoms with van der Waals surface area (Å²) in [7, 11) is 0. The molecule has 0 spiro atoms. The Hall–Kier alpha value is -1.32. The Morgan fingerprint density at radius 3 is 1.73 bits per heavy atom. The number of aliphatic carboxylic acids is 1. The lowest BCUT2D eigenvalue weighted by molar-refractivity contribution is -0.136. The minimum Gasteiger partial charge on any atom is -0.481 e. The molecule has 0 bridgehead atoms. The summed E-state index contributed by atoms with van der Waals surface area (Å²) >= 11 is 0. The zero-order valence-corrected chi connectivity index (χ0v) is 6.76. The predicted octanol–water partition coefficient (Wildman–Crippen LogP) is 0.529. The molecule has 0 saturated carbocycles. The SMILES string of the molecule is C=C(C)C(N)=O.CCC(=O)O. The van der Waals surface area contributed by atoms with E-state index in [0.717, 1.165) is 0 Å². The van der Waals surface area contributed by atoms with Gasteiger partial charge in [-0.2, -0.15) is 0 Å². The van der Waals surface area contributed by atoms with Crippen molar-refractivity contribution >= 4 is 11.9 Å². The first kappa shape index (κ1) is 12.4. The van der Waals surface area contributed by atoms with Crippen molar-refractivity contribution < 1.29 is 14.7 Å². The third-order valence-electron chi connectivity index (χ3n) is 0.723. The lowest BCUT2D eigenvalue weighted by Gasteiger charge is -1.81. The molecule has 64 valence electrons. The van der Waals surface area contributed by atoms with Crippen molar-refractivity contribution in [2.24, 2.45) is 5.73 Å². The third kappa shape index (κ3) is 17.7. The number of carboxylic acids is 1. The largest absolute Gasteiger partial charge is 0.481 e. The van der Waals surface area contributed by atoms with E-state index in [1.54, 1.807) is 13.8 Å². The standard InChI is InChI=1S/C4H7NO.C3H6O2/c1-3(2)4(5)6;1-2-3(4)5/h1H2,2H3,(H2,5,6);2H2,1H3,(H,4,5). The quantitative estimate of drug-likeness (QED) is 0.576. The van der Waals surface area contributed by atoms with Gasteiger partial charge in [-0.05, 0) is 6.92 Å². The van der Waals surface area contributed by atoms with Crippen LogP contribution in [0.2, 0.25) is 0 Å². The Balaban J connectivity index is 0. The van der Waals surface area contributed by atoms with Crippen molar-refractivity contribution in [3.8, 4) is 0 Å². The topological polar surface area (TPSA) is 80.4 Å². The zero-order chi connectivity index (χ0) is 9.44. The Bertz CT molecular complexity index is 151. The maximum Gasteiger partial charge on any atom is 0.303 e. The molecule has 0 fully saturated rings. The first-order valence-corrected chi connectivity index (χ1v) is 3.08. The Morgan fingerprint density at radius 1 is 1.55 bits per heavy atom. The summed E-state index contributed by atoms with van der Waals surface area (Å²) in [5.41, 5.74) is 5.09. The molecule has 0 aliphatic heterocycles. The third-order valence-corrected chi connectivity index (χ3v) is 0.723. The van der Waals surface area contributed by atoms with E-state index in [9.17, 15) is 9.59 Å². The molecule has 1 amide bonds. The summed E-state index contributed by atoms with van der Waals surface area (Å²) in [5.74, 6) is -1.18. The van der Waals surface area contributed by atoms with E-state index in [2.05, 4.69) is 6.58 Å². The molecular formula is C7H13NO3. The van der Waals surface area contributed by atoms with E-state index in [1.807, 2.05) is 0 Å². The number of amides is 1. The van der Waals surface area contributed by atoms with Crippen LogP contribution < -0.4 is 5.73 Å². The molecule has 0 aromatic carbocycles. The van der Waals surface area contributed by atoms with Crippen LogP contribution in [0.25, 0.3) is 0 Å². The molecule has 0 unspecified atom stereocenters. The van der Waals surface area contributed by atoms with Crippen molar-refractivity contribution in [1.29, 1.82) is 0 Å². The van der Waals surface area contributed by atoms with Gasteiger partial charge in [0.2, 0.25) is 5.91 Å². The predicted molar refractivity (Wildman–Crippen MR) is 41.9 cm³/mol. The average Bonchev–Trinajstić information content (AvgIpc) is 1.89. The fraction of sp³-hybridized carbons (Fsp3) is 0.429. The second-order valence-electron chi connectivity index (χ2n) is 1.89. The van der Waals surface area contributed by atoms with Gasteiger partial charge in [-0.1, -0.05) is 13.5 Å². The normalized spacial score (nSPS) is 7.45. The van der Waals surface area contributed by atoms with Crippen LogP contribution in [0.15, 0.2) is 12.2 Å². The van der Waals surface area contributed by atoms with Crippen LogP contribution in [0.3, 0.4) is 0 Å². The van der Waals surface area contributed by atoms with Crippen molar-refractivity contribution in [1.82, 2.24) is 0 Å². The van der Waals surface area contributed by atoms with Crippen LogP contribution in [0.1, 0.15) is 20.3 Å². The van der Waals surface area contributed by atoms with Gasteiger partial charge in [-0.3, -0.25) is 9.59 Å². The van der Waals surface area contributed by atoms with E-state index in [1.165, 1.54) is 0 Å². The average molecular weight is 159 g/mol.